The molecule has 2 aliphatic rings. The van der Waals surface area contributed by atoms with E-state index in [1.807, 2.05) is 0 Å². The van der Waals surface area contributed by atoms with Gasteiger partial charge < -0.3 is 14.8 Å². The summed E-state index contributed by atoms with van der Waals surface area (Å²) in [6, 6.07) is 1.59. The van der Waals surface area contributed by atoms with Crippen molar-refractivity contribution in [2.45, 2.75) is 56.9 Å². The van der Waals surface area contributed by atoms with Gasteiger partial charge in [-0.3, -0.25) is 14.3 Å². The Hall–Kier alpha value is -1.44. The van der Waals surface area contributed by atoms with E-state index in [1.165, 1.54) is 10.6 Å². The van der Waals surface area contributed by atoms with Crippen LogP contribution in [0.2, 0.25) is 0 Å². The number of fused-ring (bicyclic) bond motifs is 1. The third-order valence-corrected chi connectivity index (χ3v) is 5.44. The predicted octanol–water partition coefficient (Wildman–Crippen LogP) is -0.151. The number of hydrogen-bond acceptors (Lipinski definition) is 5. The number of H-pyrrole nitrogens is 1. The van der Waals surface area contributed by atoms with Crippen LogP contribution in [0, 0.1) is 6.92 Å². The van der Waals surface area contributed by atoms with Gasteiger partial charge in [-0.05, 0) is 32.6 Å². The molecule has 1 saturated carbocycles. The van der Waals surface area contributed by atoms with E-state index in [0.717, 1.165) is 25.8 Å². The summed E-state index contributed by atoms with van der Waals surface area (Å²) in [5.74, 6) is 0. The van der Waals surface area contributed by atoms with Crippen LogP contribution < -0.4 is 11.2 Å². The van der Waals surface area contributed by atoms with Gasteiger partial charge in [0.1, 0.15) is 0 Å². The van der Waals surface area contributed by atoms with Crippen molar-refractivity contribution in [3.63, 3.8) is 0 Å². The second kappa shape index (κ2) is 6.22. The van der Waals surface area contributed by atoms with Crippen LogP contribution >= 0.6 is 0 Å². The highest BCUT2D eigenvalue weighted by atomic mass is 16.5. The lowest BCUT2D eigenvalue weighted by molar-refractivity contribution is -0.0871. The summed E-state index contributed by atoms with van der Waals surface area (Å²) < 4.78 is 7.04. The number of nitrogens with one attached hydrogen (secondary N) is 1. The predicted molar refractivity (Wildman–Crippen MR) is 85.6 cm³/mol. The van der Waals surface area contributed by atoms with Gasteiger partial charge >= 0.3 is 5.69 Å². The minimum atomic E-state index is -0.365. The lowest BCUT2D eigenvalue weighted by Crippen LogP contribution is -2.52. The van der Waals surface area contributed by atoms with E-state index in [4.69, 9.17) is 4.74 Å². The fourth-order valence-corrected chi connectivity index (χ4v) is 4.11. The SMILES string of the molecule is CO[C@@]12CC[C@@H](O)C[C@@H]1N(CCn1c(=O)cc(C)[nH]c1=O)CC2. The first-order chi connectivity index (χ1) is 10.9. The molecule has 2 N–H and O–H groups in total. The first-order valence-corrected chi connectivity index (χ1v) is 8.23. The minimum absolute atomic E-state index is 0.150. The number of hydrogen-bond donors (Lipinski definition) is 2. The third kappa shape index (κ3) is 3.00. The summed E-state index contributed by atoms with van der Waals surface area (Å²) in [7, 11) is 1.74. The van der Waals surface area contributed by atoms with Crippen LogP contribution in [-0.2, 0) is 11.3 Å². The van der Waals surface area contributed by atoms with E-state index in [-0.39, 0.29) is 29.0 Å². The lowest BCUT2D eigenvalue weighted by atomic mass is 9.79. The number of aliphatic hydroxyl groups excluding tert-OH is 1. The van der Waals surface area contributed by atoms with Gasteiger partial charge in [0.25, 0.3) is 5.56 Å². The second-order valence-corrected chi connectivity index (χ2v) is 6.75. The Bertz CT molecular complexity index is 651. The summed E-state index contributed by atoms with van der Waals surface area (Å²) in [6.07, 6.45) is 2.95. The molecule has 1 aromatic heterocycles. The van der Waals surface area contributed by atoms with Crippen molar-refractivity contribution < 1.29 is 9.84 Å². The zero-order valence-electron chi connectivity index (χ0n) is 13.7. The molecule has 0 spiro atoms. The Morgan fingerprint density at radius 2 is 2.17 bits per heavy atom. The molecule has 0 aromatic carbocycles. The number of aromatic nitrogens is 2. The molecule has 128 valence electrons. The summed E-state index contributed by atoms with van der Waals surface area (Å²) >= 11 is 0. The van der Waals surface area contributed by atoms with Crippen molar-refractivity contribution in [2.24, 2.45) is 0 Å². The average Bonchev–Trinajstić information content (AvgIpc) is 2.85. The van der Waals surface area contributed by atoms with Crippen molar-refractivity contribution in [1.29, 1.82) is 0 Å². The number of aryl methyl sites for hydroxylation is 1. The number of aromatic amines is 1. The highest BCUT2D eigenvalue weighted by molar-refractivity contribution is 5.05. The number of likely N-dealkylation sites (tertiary alicyclic amines) is 1. The highest BCUT2D eigenvalue weighted by Crippen LogP contribution is 2.42. The van der Waals surface area contributed by atoms with E-state index in [2.05, 4.69) is 9.88 Å². The fourth-order valence-electron chi connectivity index (χ4n) is 4.11. The molecule has 3 rings (SSSR count). The van der Waals surface area contributed by atoms with Gasteiger partial charge in [0, 0.05) is 44.5 Å². The summed E-state index contributed by atoms with van der Waals surface area (Å²) in [4.78, 5) is 28.8. The summed E-state index contributed by atoms with van der Waals surface area (Å²) in [5, 5.41) is 10.00. The maximum atomic E-state index is 12.0. The molecule has 1 aromatic rings. The maximum Gasteiger partial charge on any atom is 0.328 e. The molecule has 23 heavy (non-hydrogen) atoms. The normalized spacial score (nSPS) is 31.3. The molecule has 0 amide bonds. The topological polar surface area (TPSA) is 87.6 Å². The molecule has 2 heterocycles. The van der Waals surface area contributed by atoms with Crippen LogP contribution in [0.25, 0.3) is 0 Å². The van der Waals surface area contributed by atoms with Crippen molar-refractivity contribution in [2.75, 3.05) is 20.2 Å². The van der Waals surface area contributed by atoms with E-state index >= 15 is 0 Å². The van der Waals surface area contributed by atoms with Gasteiger partial charge in [-0.1, -0.05) is 0 Å². The average molecular weight is 323 g/mol. The van der Waals surface area contributed by atoms with Gasteiger partial charge in [-0.2, -0.15) is 0 Å². The highest BCUT2D eigenvalue weighted by Gasteiger charge is 2.50. The molecule has 7 nitrogen and oxygen atoms in total. The second-order valence-electron chi connectivity index (χ2n) is 6.75. The van der Waals surface area contributed by atoms with Gasteiger partial charge in [0.05, 0.1) is 11.7 Å². The minimum Gasteiger partial charge on any atom is -0.393 e. The van der Waals surface area contributed by atoms with Crippen LogP contribution in [0.5, 0.6) is 0 Å². The van der Waals surface area contributed by atoms with Crippen LogP contribution in [-0.4, -0.2) is 57.5 Å². The van der Waals surface area contributed by atoms with Crippen LogP contribution in [0.15, 0.2) is 15.7 Å². The standard InChI is InChI=1S/C16H25N3O4/c1-11-9-14(21)19(15(22)17-11)8-7-18-6-5-16(23-2)4-3-12(20)10-13(16)18/h9,12-13,20H,3-8,10H2,1-2H3,(H,17,22)/t12-,13+,16-/m1/s1. The zero-order chi connectivity index (χ0) is 16.6. The first kappa shape index (κ1) is 16.4. The number of nitrogens with zero attached hydrogens (tertiary/aromatic N) is 2. The van der Waals surface area contributed by atoms with Gasteiger partial charge in [-0.15, -0.1) is 0 Å². The van der Waals surface area contributed by atoms with Crippen molar-refractivity contribution in [3.8, 4) is 0 Å². The van der Waals surface area contributed by atoms with Crippen LogP contribution in [0.4, 0.5) is 0 Å². The molecule has 7 heteroatoms. The van der Waals surface area contributed by atoms with E-state index in [9.17, 15) is 14.7 Å². The van der Waals surface area contributed by atoms with E-state index < -0.39 is 0 Å². The Kier molecular flexibility index (Phi) is 4.44. The number of aliphatic hydroxyl groups is 1. The Morgan fingerprint density at radius 1 is 1.39 bits per heavy atom. The van der Waals surface area contributed by atoms with Crippen LogP contribution in [0.3, 0.4) is 0 Å². The molecule has 1 aliphatic carbocycles. The number of ether oxygens (including phenoxy) is 1. The summed E-state index contributed by atoms with van der Waals surface area (Å²) in [6.45, 7) is 3.52. The van der Waals surface area contributed by atoms with Crippen LogP contribution in [0.1, 0.15) is 31.4 Å². The summed E-state index contributed by atoms with van der Waals surface area (Å²) in [5.41, 5.74) is -0.251. The number of methoxy groups -OCH3 is 1. The van der Waals surface area contributed by atoms with Crippen molar-refractivity contribution in [1.82, 2.24) is 14.5 Å². The maximum absolute atomic E-state index is 12.0. The Morgan fingerprint density at radius 3 is 2.87 bits per heavy atom. The quantitative estimate of drug-likeness (QED) is 0.804. The molecule has 1 aliphatic heterocycles. The largest absolute Gasteiger partial charge is 0.393 e. The molecule has 1 saturated heterocycles. The molecule has 0 bridgehead atoms. The Balaban J connectivity index is 1.74. The van der Waals surface area contributed by atoms with Crippen molar-refractivity contribution in [3.05, 3.63) is 32.6 Å². The third-order valence-electron chi connectivity index (χ3n) is 5.44. The first-order valence-electron chi connectivity index (χ1n) is 8.23. The van der Waals surface area contributed by atoms with Gasteiger partial charge in [0.15, 0.2) is 0 Å². The monoisotopic (exact) mass is 323 g/mol. The van der Waals surface area contributed by atoms with E-state index in [0.29, 0.717) is 25.2 Å². The fraction of sp³-hybridized carbons (Fsp3) is 0.750. The molecule has 2 fully saturated rings. The van der Waals surface area contributed by atoms with Gasteiger partial charge in [0.2, 0.25) is 0 Å². The lowest BCUT2D eigenvalue weighted by Gasteiger charge is -2.42. The molecular formula is C16H25N3O4. The van der Waals surface area contributed by atoms with Gasteiger partial charge in [-0.25, -0.2) is 4.79 Å². The molecule has 3 atom stereocenters. The zero-order valence-corrected chi connectivity index (χ0v) is 13.7. The van der Waals surface area contributed by atoms with E-state index in [1.54, 1.807) is 14.0 Å². The van der Waals surface area contributed by atoms with Crippen molar-refractivity contribution >= 4 is 0 Å². The molecule has 0 radical (unpaired) electrons. The molecular weight excluding hydrogens is 298 g/mol. The number of rotatable bonds is 4. The Labute approximate surface area is 134 Å². The smallest absolute Gasteiger partial charge is 0.328 e. The molecule has 0 unspecified atom stereocenters.